The third-order valence-corrected chi connectivity index (χ3v) is 5.85. The predicted molar refractivity (Wildman–Crippen MR) is 115 cm³/mol. The number of benzene rings is 3. The van der Waals surface area contributed by atoms with Gasteiger partial charge in [0.05, 0.1) is 17.2 Å². The number of nitrogens with two attached hydrogens (primary N) is 1. The van der Waals surface area contributed by atoms with Gasteiger partial charge in [-0.25, -0.2) is 8.42 Å². The summed E-state index contributed by atoms with van der Waals surface area (Å²) in [7, 11) is -3.67. The smallest absolute Gasteiger partial charge is 0.261 e. The lowest BCUT2D eigenvalue weighted by molar-refractivity contribution is 0.320. The molecule has 4 N–H and O–H groups in total. The molecule has 0 aliphatic rings. The van der Waals surface area contributed by atoms with Gasteiger partial charge in [0.1, 0.15) is 11.6 Å². The second-order valence-electron chi connectivity index (χ2n) is 6.56. The largest absolute Gasteiger partial charge is 0.493 e. The van der Waals surface area contributed by atoms with Gasteiger partial charge in [-0.15, -0.1) is 0 Å². The Morgan fingerprint density at radius 2 is 1.76 bits per heavy atom. The quantitative estimate of drug-likeness (QED) is 0.390. The highest BCUT2D eigenvalue weighted by molar-refractivity contribution is 7.92. The van der Waals surface area contributed by atoms with Crippen molar-refractivity contribution < 1.29 is 13.2 Å². The Morgan fingerprint density at radius 1 is 1.03 bits per heavy atom. The zero-order valence-corrected chi connectivity index (χ0v) is 16.9. The Bertz CT molecular complexity index is 1110. The van der Waals surface area contributed by atoms with Crippen molar-refractivity contribution >= 4 is 21.5 Å². The number of nitrogen functional groups attached to an aromatic ring is 1. The monoisotopic (exact) mass is 409 g/mol. The van der Waals surface area contributed by atoms with Crippen LogP contribution in [-0.4, -0.2) is 20.9 Å². The van der Waals surface area contributed by atoms with Crippen LogP contribution in [0, 0.1) is 12.3 Å². The van der Waals surface area contributed by atoms with Crippen LogP contribution >= 0.6 is 0 Å². The summed E-state index contributed by atoms with van der Waals surface area (Å²) in [5.74, 6) is 0.642. The topological polar surface area (TPSA) is 105 Å². The van der Waals surface area contributed by atoms with Gasteiger partial charge in [-0.3, -0.25) is 10.1 Å². The van der Waals surface area contributed by atoms with Crippen molar-refractivity contribution in [3.8, 4) is 5.75 Å². The summed E-state index contributed by atoms with van der Waals surface area (Å²) < 4.78 is 33.7. The fraction of sp³-hybridized carbons (Fsp3) is 0.136. The van der Waals surface area contributed by atoms with Gasteiger partial charge in [0.15, 0.2) is 0 Å². The Labute approximate surface area is 170 Å². The second kappa shape index (κ2) is 8.79. The molecule has 0 bridgehead atoms. The summed E-state index contributed by atoms with van der Waals surface area (Å²) in [5.41, 5.74) is 8.40. The van der Waals surface area contributed by atoms with Crippen molar-refractivity contribution in [3.05, 3.63) is 89.5 Å². The normalized spacial score (nSPS) is 11.1. The fourth-order valence-electron chi connectivity index (χ4n) is 2.86. The average Bonchev–Trinajstić information content (AvgIpc) is 2.71. The summed E-state index contributed by atoms with van der Waals surface area (Å²) in [6.07, 6.45) is 0.639. The molecule has 0 fully saturated rings. The molecule has 6 nitrogen and oxygen atoms in total. The molecular formula is C22H23N3O3S. The summed E-state index contributed by atoms with van der Waals surface area (Å²) in [5, 5.41) is 7.52. The van der Waals surface area contributed by atoms with Crippen LogP contribution in [0.2, 0.25) is 0 Å². The molecule has 0 heterocycles. The highest BCUT2D eigenvalue weighted by atomic mass is 32.2. The van der Waals surface area contributed by atoms with E-state index >= 15 is 0 Å². The zero-order valence-electron chi connectivity index (χ0n) is 16.1. The highest BCUT2D eigenvalue weighted by Crippen LogP contribution is 2.27. The molecule has 150 valence electrons. The van der Waals surface area contributed by atoms with E-state index < -0.39 is 10.0 Å². The van der Waals surface area contributed by atoms with Crippen LogP contribution in [0.4, 0.5) is 5.69 Å². The third-order valence-electron chi connectivity index (χ3n) is 4.47. The minimum Gasteiger partial charge on any atom is -0.493 e. The summed E-state index contributed by atoms with van der Waals surface area (Å²) in [4.78, 5) is 0.205. The van der Waals surface area contributed by atoms with Gasteiger partial charge < -0.3 is 10.5 Å². The first-order valence-electron chi connectivity index (χ1n) is 9.10. The van der Waals surface area contributed by atoms with Gasteiger partial charge in [0.25, 0.3) is 10.0 Å². The molecule has 0 spiro atoms. The van der Waals surface area contributed by atoms with E-state index in [-0.39, 0.29) is 10.7 Å². The second-order valence-corrected chi connectivity index (χ2v) is 8.24. The maximum Gasteiger partial charge on any atom is 0.261 e. The van der Waals surface area contributed by atoms with E-state index in [2.05, 4.69) is 4.72 Å². The molecule has 0 aromatic heterocycles. The molecule has 3 aromatic carbocycles. The summed E-state index contributed by atoms with van der Waals surface area (Å²) in [6.45, 7) is 2.23. The molecule has 0 radical (unpaired) electrons. The Hall–Kier alpha value is -3.32. The first-order valence-corrected chi connectivity index (χ1v) is 10.6. The van der Waals surface area contributed by atoms with E-state index in [1.807, 2.05) is 31.2 Å². The molecule has 29 heavy (non-hydrogen) atoms. The van der Waals surface area contributed by atoms with E-state index in [9.17, 15) is 8.42 Å². The maximum atomic E-state index is 12.6. The van der Waals surface area contributed by atoms with Crippen LogP contribution in [0.1, 0.15) is 16.7 Å². The maximum absolute atomic E-state index is 12.6. The van der Waals surface area contributed by atoms with Gasteiger partial charge >= 0.3 is 0 Å². The number of sulfonamides is 1. The van der Waals surface area contributed by atoms with Crippen LogP contribution in [0.15, 0.2) is 77.7 Å². The van der Waals surface area contributed by atoms with Gasteiger partial charge in [-0.2, -0.15) is 0 Å². The van der Waals surface area contributed by atoms with E-state index in [0.717, 1.165) is 5.56 Å². The Morgan fingerprint density at radius 3 is 2.48 bits per heavy atom. The van der Waals surface area contributed by atoms with E-state index in [0.29, 0.717) is 35.6 Å². The lowest BCUT2D eigenvalue weighted by atomic mass is 10.1. The molecular weight excluding hydrogens is 386 g/mol. The van der Waals surface area contributed by atoms with Crippen LogP contribution in [0.25, 0.3) is 0 Å². The highest BCUT2D eigenvalue weighted by Gasteiger charge is 2.16. The molecule has 0 saturated carbocycles. The molecule has 0 aliphatic carbocycles. The van der Waals surface area contributed by atoms with Crippen molar-refractivity contribution in [2.75, 3.05) is 11.3 Å². The van der Waals surface area contributed by atoms with Crippen molar-refractivity contribution in [2.45, 2.75) is 18.2 Å². The molecule has 0 saturated heterocycles. The number of nitrogens with one attached hydrogen (secondary N) is 2. The lowest BCUT2D eigenvalue weighted by Crippen LogP contribution is -2.14. The minimum absolute atomic E-state index is 0.0296. The number of anilines is 1. The first kappa shape index (κ1) is 20.4. The standard InChI is InChI=1S/C22H23N3O3S/c1-16-20(25-29(26,27)19-9-3-2-4-10-19)11-6-12-21(16)28-14-13-17-7-5-8-18(15-17)22(23)24/h2-12,15,25H,13-14H2,1H3,(H3,23,24). The molecule has 0 amide bonds. The number of rotatable bonds is 8. The number of hydrogen-bond acceptors (Lipinski definition) is 4. The van der Waals surface area contributed by atoms with Crippen LogP contribution in [-0.2, 0) is 16.4 Å². The molecule has 0 aliphatic heterocycles. The summed E-state index contributed by atoms with van der Waals surface area (Å²) >= 11 is 0. The van der Waals surface area contributed by atoms with E-state index in [1.54, 1.807) is 48.5 Å². The van der Waals surface area contributed by atoms with Crippen LogP contribution in [0.5, 0.6) is 5.75 Å². The molecule has 0 unspecified atom stereocenters. The van der Waals surface area contributed by atoms with Crippen LogP contribution in [0.3, 0.4) is 0 Å². The first-order chi connectivity index (χ1) is 13.9. The van der Waals surface area contributed by atoms with Crippen molar-refractivity contribution in [2.24, 2.45) is 5.73 Å². The van der Waals surface area contributed by atoms with E-state index in [4.69, 9.17) is 15.9 Å². The molecule has 0 atom stereocenters. The van der Waals surface area contributed by atoms with Crippen molar-refractivity contribution in [1.82, 2.24) is 0 Å². The van der Waals surface area contributed by atoms with Crippen molar-refractivity contribution in [3.63, 3.8) is 0 Å². The number of hydrogen-bond donors (Lipinski definition) is 3. The summed E-state index contributed by atoms with van der Waals surface area (Å²) in [6, 6.07) is 21.0. The predicted octanol–water partition coefficient (Wildman–Crippen LogP) is 3.70. The van der Waals surface area contributed by atoms with Gasteiger partial charge in [0, 0.05) is 17.5 Å². The fourth-order valence-corrected chi connectivity index (χ4v) is 4.00. The zero-order chi connectivity index (χ0) is 20.9. The SMILES string of the molecule is Cc1c(NS(=O)(=O)c2ccccc2)cccc1OCCc1cccc(C(=N)N)c1. The number of amidine groups is 1. The molecule has 3 aromatic rings. The third kappa shape index (κ3) is 5.14. The average molecular weight is 410 g/mol. The van der Waals surface area contributed by atoms with E-state index in [1.165, 1.54) is 0 Å². The minimum atomic E-state index is -3.67. The van der Waals surface area contributed by atoms with Gasteiger partial charge in [0.2, 0.25) is 0 Å². The van der Waals surface area contributed by atoms with Crippen LogP contribution < -0.4 is 15.2 Å². The number of ether oxygens (including phenoxy) is 1. The molecule has 3 rings (SSSR count). The van der Waals surface area contributed by atoms with Crippen molar-refractivity contribution in [1.29, 1.82) is 5.41 Å². The molecule has 7 heteroatoms. The Kier molecular flexibility index (Phi) is 6.19. The van der Waals surface area contributed by atoms with Gasteiger partial charge in [-0.05, 0) is 42.8 Å². The Balaban J connectivity index is 1.69. The van der Waals surface area contributed by atoms with Gasteiger partial charge in [-0.1, -0.05) is 42.5 Å². The lowest BCUT2D eigenvalue weighted by Gasteiger charge is -2.15.